The Bertz CT molecular complexity index is 1120. The van der Waals surface area contributed by atoms with Gasteiger partial charge in [0, 0.05) is 19.0 Å². The molecule has 0 unspecified atom stereocenters. The summed E-state index contributed by atoms with van der Waals surface area (Å²) in [7, 11) is -1.88. The number of nitrogens with one attached hydrogen (secondary N) is 1. The Morgan fingerprint density at radius 3 is 2.61 bits per heavy atom. The molecule has 4 rings (SSSR count). The summed E-state index contributed by atoms with van der Waals surface area (Å²) in [5.74, 6) is 0.591. The fourth-order valence-electron chi connectivity index (χ4n) is 3.40. The molecule has 0 atom stereocenters. The van der Waals surface area contributed by atoms with E-state index in [0.29, 0.717) is 42.5 Å². The minimum absolute atomic E-state index is 0.0437. The van der Waals surface area contributed by atoms with Crippen molar-refractivity contribution in [3.63, 3.8) is 0 Å². The zero-order chi connectivity index (χ0) is 21.8. The summed E-state index contributed by atoms with van der Waals surface area (Å²) in [6.07, 6.45) is 1.30. The van der Waals surface area contributed by atoms with Crippen LogP contribution in [0.1, 0.15) is 24.3 Å². The van der Waals surface area contributed by atoms with Crippen molar-refractivity contribution >= 4 is 33.3 Å². The molecule has 0 spiro atoms. The first-order chi connectivity index (χ1) is 15.0. The predicted molar refractivity (Wildman–Crippen MR) is 115 cm³/mol. The van der Waals surface area contributed by atoms with Gasteiger partial charge in [-0.05, 0) is 42.0 Å². The number of carbonyl (C=O) groups excluding carboxylic acids is 1. The molecule has 0 aliphatic carbocycles. The highest BCUT2D eigenvalue weighted by molar-refractivity contribution is 7.91. The van der Waals surface area contributed by atoms with Crippen molar-refractivity contribution in [3.05, 3.63) is 53.2 Å². The molecule has 0 radical (unpaired) electrons. The summed E-state index contributed by atoms with van der Waals surface area (Å²) < 4.78 is 37.6. The predicted octanol–water partition coefficient (Wildman–Crippen LogP) is 2.77. The number of benzene rings is 1. The molecule has 3 aromatic rings. The molecule has 9 nitrogen and oxygen atoms in total. The van der Waals surface area contributed by atoms with Crippen LogP contribution >= 0.6 is 11.3 Å². The number of aromatic nitrogens is 2. The SMILES string of the molecule is COc1ccc(Cc2nnc(NC(=O)C3CCN(S(=O)(=O)c4cccs4)CC3)o2)cc1. The van der Waals surface area contributed by atoms with E-state index in [1.165, 1.54) is 15.6 Å². The molecule has 0 saturated carbocycles. The lowest BCUT2D eigenvalue weighted by Crippen LogP contribution is -2.41. The zero-order valence-electron chi connectivity index (χ0n) is 16.9. The summed E-state index contributed by atoms with van der Waals surface area (Å²) in [6, 6.07) is 10.8. The number of methoxy groups -OCH3 is 1. The maximum atomic E-state index is 12.6. The second kappa shape index (κ2) is 9.16. The van der Waals surface area contributed by atoms with Crippen LogP contribution in [0.4, 0.5) is 6.01 Å². The van der Waals surface area contributed by atoms with Gasteiger partial charge in [-0.1, -0.05) is 23.3 Å². The van der Waals surface area contributed by atoms with E-state index in [1.807, 2.05) is 24.3 Å². The Balaban J connectivity index is 1.30. The van der Waals surface area contributed by atoms with Crippen molar-refractivity contribution in [3.8, 4) is 5.75 Å². The van der Waals surface area contributed by atoms with Crippen LogP contribution in [0.2, 0.25) is 0 Å². The molecule has 1 amide bonds. The number of ether oxygens (including phenoxy) is 1. The van der Waals surface area contributed by atoms with Crippen molar-refractivity contribution in [1.29, 1.82) is 0 Å². The van der Waals surface area contributed by atoms with Crippen molar-refractivity contribution in [1.82, 2.24) is 14.5 Å². The van der Waals surface area contributed by atoms with Gasteiger partial charge in [0.1, 0.15) is 9.96 Å². The third-order valence-corrected chi connectivity index (χ3v) is 8.40. The minimum Gasteiger partial charge on any atom is -0.497 e. The number of hydrogen-bond donors (Lipinski definition) is 1. The van der Waals surface area contributed by atoms with Gasteiger partial charge in [0.25, 0.3) is 10.0 Å². The van der Waals surface area contributed by atoms with Gasteiger partial charge in [-0.2, -0.15) is 4.31 Å². The van der Waals surface area contributed by atoms with Crippen LogP contribution in [0.5, 0.6) is 5.75 Å². The standard InChI is InChI=1S/C20H22N4O5S2/c1-28-16-6-4-14(5-7-16)13-17-22-23-20(29-17)21-19(25)15-8-10-24(11-9-15)31(26,27)18-3-2-12-30-18/h2-7,12,15H,8-11,13H2,1H3,(H,21,23,25). The molecule has 1 aliphatic heterocycles. The summed E-state index contributed by atoms with van der Waals surface area (Å²) in [5.41, 5.74) is 0.974. The monoisotopic (exact) mass is 462 g/mol. The molecule has 0 bridgehead atoms. The third kappa shape index (κ3) is 4.94. The number of anilines is 1. The quantitative estimate of drug-likeness (QED) is 0.574. The Kier molecular flexibility index (Phi) is 6.35. The van der Waals surface area contributed by atoms with Crippen molar-refractivity contribution in [2.24, 2.45) is 5.92 Å². The first kappa shape index (κ1) is 21.5. The molecule has 1 N–H and O–H groups in total. The maximum absolute atomic E-state index is 12.6. The van der Waals surface area contributed by atoms with E-state index in [4.69, 9.17) is 9.15 Å². The Morgan fingerprint density at radius 1 is 1.23 bits per heavy atom. The number of rotatable bonds is 7. The molecule has 2 aromatic heterocycles. The first-order valence-electron chi connectivity index (χ1n) is 9.75. The van der Waals surface area contributed by atoms with Crippen molar-refractivity contribution < 1.29 is 22.4 Å². The molecule has 164 valence electrons. The fourth-order valence-corrected chi connectivity index (χ4v) is 6.01. The topological polar surface area (TPSA) is 115 Å². The average molecular weight is 463 g/mol. The lowest BCUT2D eigenvalue weighted by molar-refractivity contribution is -0.121. The number of piperidine rings is 1. The normalized spacial score (nSPS) is 15.6. The Labute approximate surface area is 184 Å². The molecular formula is C20H22N4O5S2. The zero-order valence-corrected chi connectivity index (χ0v) is 18.5. The van der Waals surface area contributed by atoms with Crippen molar-refractivity contribution in [2.75, 3.05) is 25.5 Å². The molecule has 1 fully saturated rings. The lowest BCUT2D eigenvalue weighted by atomic mass is 9.97. The van der Waals surface area contributed by atoms with E-state index in [2.05, 4.69) is 15.5 Å². The van der Waals surface area contributed by atoms with Crippen LogP contribution in [-0.4, -0.2) is 49.0 Å². The molecule has 1 aromatic carbocycles. The largest absolute Gasteiger partial charge is 0.497 e. The smallest absolute Gasteiger partial charge is 0.322 e. The number of amides is 1. The Morgan fingerprint density at radius 2 is 1.97 bits per heavy atom. The van der Waals surface area contributed by atoms with Crippen LogP contribution in [0.3, 0.4) is 0 Å². The molecule has 1 aliphatic rings. The van der Waals surface area contributed by atoms with Crippen LogP contribution in [0.15, 0.2) is 50.4 Å². The van der Waals surface area contributed by atoms with Crippen LogP contribution < -0.4 is 10.1 Å². The van der Waals surface area contributed by atoms with E-state index in [9.17, 15) is 13.2 Å². The van der Waals surface area contributed by atoms with Gasteiger partial charge in [-0.15, -0.1) is 16.4 Å². The Hall–Kier alpha value is -2.76. The van der Waals surface area contributed by atoms with Crippen LogP contribution in [0, 0.1) is 5.92 Å². The maximum Gasteiger partial charge on any atom is 0.322 e. The summed E-state index contributed by atoms with van der Waals surface area (Å²) in [6.45, 7) is 0.593. The second-order valence-electron chi connectivity index (χ2n) is 7.13. The van der Waals surface area contributed by atoms with E-state index in [-0.39, 0.29) is 17.8 Å². The average Bonchev–Trinajstić information content (AvgIpc) is 3.47. The first-order valence-corrected chi connectivity index (χ1v) is 12.1. The van der Waals surface area contributed by atoms with Gasteiger partial charge in [0.05, 0.1) is 13.5 Å². The summed E-state index contributed by atoms with van der Waals surface area (Å²) in [5, 5.41) is 12.3. The van der Waals surface area contributed by atoms with Crippen LogP contribution in [0.25, 0.3) is 0 Å². The second-order valence-corrected chi connectivity index (χ2v) is 10.2. The number of thiophene rings is 1. The summed E-state index contributed by atoms with van der Waals surface area (Å²) in [4.78, 5) is 12.6. The van der Waals surface area contributed by atoms with E-state index in [0.717, 1.165) is 11.3 Å². The number of sulfonamides is 1. The fraction of sp³-hybridized carbons (Fsp3) is 0.350. The van der Waals surface area contributed by atoms with Gasteiger partial charge in [-0.3, -0.25) is 10.1 Å². The molecule has 3 heterocycles. The van der Waals surface area contributed by atoms with Crippen molar-refractivity contribution in [2.45, 2.75) is 23.5 Å². The molecule has 31 heavy (non-hydrogen) atoms. The third-order valence-electron chi connectivity index (χ3n) is 5.13. The van der Waals surface area contributed by atoms with E-state index >= 15 is 0 Å². The van der Waals surface area contributed by atoms with Gasteiger partial charge in [-0.25, -0.2) is 8.42 Å². The molecular weight excluding hydrogens is 440 g/mol. The molecule has 1 saturated heterocycles. The summed E-state index contributed by atoms with van der Waals surface area (Å²) >= 11 is 1.19. The van der Waals surface area contributed by atoms with Gasteiger partial charge in [0.15, 0.2) is 0 Å². The lowest BCUT2D eigenvalue weighted by Gasteiger charge is -2.29. The number of hydrogen-bond acceptors (Lipinski definition) is 8. The van der Waals surface area contributed by atoms with Gasteiger partial charge >= 0.3 is 6.01 Å². The highest BCUT2D eigenvalue weighted by Crippen LogP contribution is 2.27. The van der Waals surface area contributed by atoms with E-state index in [1.54, 1.807) is 24.6 Å². The van der Waals surface area contributed by atoms with Crippen LogP contribution in [-0.2, 0) is 21.2 Å². The van der Waals surface area contributed by atoms with E-state index < -0.39 is 10.0 Å². The van der Waals surface area contributed by atoms with Gasteiger partial charge < -0.3 is 9.15 Å². The number of carbonyl (C=O) groups is 1. The molecule has 11 heteroatoms. The highest BCUT2D eigenvalue weighted by atomic mass is 32.2. The number of nitrogens with zero attached hydrogens (tertiary/aromatic N) is 3. The van der Waals surface area contributed by atoms with Gasteiger partial charge in [0.2, 0.25) is 11.8 Å². The highest BCUT2D eigenvalue weighted by Gasteiger charge is 2.33. The minimum atomic E-state index is -3.49.